The second kappa shape index (κ2) is 10.2. The van der Waals surface area contributed by atoms with Gasteiger partial charge in [-0.1, -0.05) is 26.0 Å². The Balaban J connectivity index is 1.73. The number of amides is 1. The van der Waals surface area contributed by atoms with Gasteiger partial charge in [0.05, 0.1) is 11.9 Å². The Labute approximate surface area is 198 Å². The molecule has 0 aliphatic carbocycles. The van der Waals surface area contributed by atoms with Gasteiger partial charge in [-0.15, -0.1) is 0 Å². The molecule has 7 nitrogen and oxygen atoms in total. The minimum Gasteiger partial charge on any atom is -0.506 e. The first-order valence-corrected chi connectivity index (χ1v) is 10.5. The van der Waals surface area contributed by atoms with Gasteiger partial charge in [-0.2, -0.15) is 13.2 Å². The Morgan fingerprint density at radius 2 is 1.91 bits per heavy atom. The molecule has 3 aromatic rings. The average Bonchev–Trinajstić information content (AvgIpc) is 3.21. The van der Waals surface area contributed by atoms with E-state index in [0.29, 0.717) is 0 Å². The number of hydrogen-bond donors (Lipinski definition) is 2. The molecule has 0 aliphatic rings. The number of aromatic hydroxyl groups is 1. The van der Waals surface area contributed by atoms with E-state index in [1.807, 2.05) is 0 Å². The number of aryl methyl sites for hydroxylation is 1. The summed E-state index contributed by atoms with van der Waals surface area (Å²) in [7, 11) is 1.70. The molecule has 186 valence electrons. The predicted octanol–water partition coefficient (Wildman–Crippen LogP) is 4.63. The minimum atomic E-state index is -4.99. The Bertz CT molecular complexity index is 1250. The molecule has 2 N–H and O–H groups in total. The number of nitrogens with zero attached hydrogens (tertiary/aromatic N) is 2. The fourth-order valence-electron chi connectivity index (χ4n) is 3.26. The summed E-state index contributed by atoms with van der Waals surface area (Å²) in [4.78, 5) is 28.1. The van der Waals surface area contributed by atoms with Gasteiger partial charge < -0.3 is 19.7 Å². The van der Waals surface area contributed by atoms with Crippen LogP contribution in [0.2, 0.25) is 0 Å². The van der Waals surface area contributed by atoms with Gasteiger partial charge in [-0.3, -0.25) is 9.59 Å². The molecule has 2 aromatic carbocycles. The van der Waals surface area contributed by atoms with E-state index < -0.39 is 58.8 Å². The van der Waals surface area contributed by atoms with Crippen molar-refractivity contribution in [1.29, 1.82) is 0 Å². The number of Topliss-reactive ketones (excluding diaryl/α,β-unsaturated/α-hetero) is 1. The van der Waals surface area contributed by atoms with E-state index in [9.17, 15) is 32.3 Å². The van der Waals surface area contributed by atoms with Gasteiger partial charge in [0.25, 0.3) is 5.91 Å². The highest BCUT2D eigenvalue weighted by atomic mass is 19.4. The number of rotatable bonds is 8. The first-order chi connectivity index (χ1) is 16.4. The fourth-order valence-corrected chi connectivity index (χ4v) is 3.26. The maximum atomic E-state index is 14.5. The molecule has 35 heavy (non-hydrogen) atoms. The lowest BCUT2D eigenvalue weighted by molar-refractivity contribution is -0.140. The Morgan fingerprint density at radius 3 is 2.49 bits per heavy atom. The van der Waals surface area contributed by atoms with Crippen molar-refractivity contribution in [3.05, 3.63) is 76.6 Å². The van der Waals surface area contributed by atoms with Crippen molar-refractivity contribution in [3.8, 4) is 11.5 Å². The molecule has 0 radical (unpaired) electrons. The highest BCUT2D eigenvalue weighted by Gasteiger charge is 2.40. The highest BCUT2D eigenvalue weighted by molar-refractivity contribution is 6.00. The van der Waals surface area contributed by atoms with Crippen molar-refractivity contribution in [2.75, 3.05) is 0 Å². The van der Waals surface area contributed by atoms with E-state index in [1.54, 1.807) is 11.6 Å². The minimum absolute atomic E-state index is 0.125. The van der Waals surface area contributed by atoms with Gasteiger partial charge in [0, 0.05) is 31.3 Å². The van der Waals surface area contributed by atoms with Crippen LogP contribution in [0.1, 0.15) is 51.4 Å². The zero-order chi connectivity index (χ0) is 25.9. The number of carbonyl (C=O) groups excluding carboxylic acids is 2. The van der Waals surface area contributed by atoms with Crippen LogP contribution >= 0.6 is 0 Å². The second-order valence-corrected chi connectivity index (χ2v) is 8.17. The molecule has 0 fully saturated rings. The van der Waals surface area contributed by atoms with Crippen molar-refractivity contribution >= 4 is 11.7 Å². The maximum Gasteiger partial charge on any atom is 0.423 e. The third kappa shape index (κ3) is 5.97. The Morgan fingerprint density at radius 1 is 1.20 bits per heavy atom. The summed E-state index contributed by atoms with van der Waals surface area (Å²) in [5.74, 6) is -4.35. The number of hydrogen-bond acceptors (Lipinski definition) is 5. The summed E-state index contributed by atoms with van der Waals surface area (Å²) in [6.07, 6.45) is -2.04. The molecule has 0 spiro atoms. The SMILES string of the molecule is CC(C)C(=O)c1ccc(OCc2ccc(CNC(=O)c3cn(C)cn3)c(F)c2)c(C(F)(F)F)c1O. The third-order valence-electron chi connectivity index (χ3n) is 5.10. The van der Waals surface area contributed by atoms with E-state index in [-0.39, 0.29) is 23.4 Å². The zero-order valence-corrected chi connectivity index (χ0v) is 19.1. The van der Waals surface area contributed by atoms with Crippen molar-refractivity contribution in [3.63, 3.8) is 0 Å². The van der Waals surface area contributed by atoms with Crippen molar-refractivity contribution in [1.82, 2.24) is 14.9 Å². The lowest BCUT2D eigenvalue weighted by Crippen LogP contribution is -2.23. The van der Waals surface area contributed by atoms with Crippen LogP contribution in [0.15, 0.2) is 42.9 Å². The standard InChI is InChI=1S/C24H23F4N3O4/c1-13(2)21(32)16-6-7-19(20(22(16)33)24(26,27)28)35-11-14-4-5-15(17(25)8-14)9-29-23(34)18-10-31(3)12-30-18/h4-8,10,12-13,33H,9,11H2,1-3H3,(H,29,34). The number of alkyl halides is 3. The van der Waals surface area contributed by atoms with Crippen LogP contribution in [-0.2, 0) is 26.4 Å². The molecule has 0 saturated carbocycles. The normalized spacial score (nSPS) is 11.5. The molecule has 1 aromatic heterocycles. The van der Waals surface area contributed by atoms with Crippen LogP contribution in [0, 0.1) is 11.7 Å². The van der Waals surface area contributed by atoms with Crippen molar-refractivity contribution < 1.29 is 37.0 Å². The fraction of sp³-hybridized carbons (Fsp3) is 0.292. The van der Waals surface area contributed by atoms with Gasteiger partial charge in [0.15, 0.2) is 5.78 Å². The number of ether oxygens (including phenoxy) is 1. The van der Waals surface area contributed by atoms with E-state index >= 15 is 0 Å². The summed E-state index contributed by atoms with van der Waals surface area (Å²) in [6.45, 7) is 2.45. The quantitative estimate of drug-likeness (QED) is 0.353. The van der Waals surface area contributed by atoms with Gasteiger partial charge in [-0.25, -0.2) is 9.37 Å². The highest BCUT2D eigenvalue weighted by Crippen LogP contribution is 2.44. The van der Waals surface area contributed by atoms with E-state index in [1.165, 1.54) is 38.5 Å². The number of phenolic OH excluding ortho intramolecular Hbond substituents is 1. The molecule has 0 atom stereocenters. The number of halogens is 4. The largest absolute Gasteiger partial charge is 0.506 e. The third-order valence-corrected chi connectivity index (χ3v) is 5.10. The summed E-state index contributed by atoms with van der Waals surface area (Å²) in [6, 6.07) is 5.91. The Hall–Kier alpha value is -3.89. The topological polar surface area (TPSA) is 93.5 Å². The molecule has 0 aliphatic heterocycles. The molecule has 3 rings (SSSR count). The molecular formula is C24H23F4N3O4. The first-order valence-electron chi connectivity index (χ1n) is 10.5. The number of benzene rings is 2. The zero-order valence-electron chi connectivity index (χ0n) is 19.1. The average molecular weight is 493 g/mol. The van der Waals surface area contributed by atoms with Gasteiger partial charge >= 0.3 is 6.18 Å². The Kier molecular flexibility index (Phi) is 7.47. The van der Waals surface area contributed by atoms with E-state index in [4.69, 9.17) is 4.74 Å². The summed E-state index contributed by atoms with van der Waals surface area (Å²) < 4.78 is 62.2. The molecule has 0 unspecified atom stereocenters. The smallest absolute Gasteiger partial charge is 0.423 e. The molecule has 11 heteroatoms. The predicted molar refractivity (Wildman–Crippen MR) is 117 cm³/mol. The lowest BCUT2D eigenvalue weighted by Gasteiger charge is -2.18. The first kappa shape index (κ1) is 25.7. The maximum absolute atomic E-state index is 14.5. The second-order valence-electron chi connectivity index (χ2n) is 8.17. The summed E-state index contributed by atoms with van der Waals surface area (Å²) in [5.41, 5.74) is -1.38. The van der Waals surface area contributed by atoms with Crippen LogP contribution in [-0.4, -0.2) is 26.3 Å². The number of imidazole rings is 1. The monoisotopic (exact) mass is 493 g/mol. The van der Waals surface area contributed by atoms with Crippen molar-refractivity contribution in [2.24, 2.45) is 13.0 Å². The van der Waals surface area contributed by atoms with Crippen LogP contribution in [0.5, 0.6) is 11.5 Å². The summed E-state index contributed by atoms with van der Waals surface area (Å²) in [5, 5.41) is 12.7. The molecule has 1 amide bonds. The van der Waals surface area contributed by atoms with Crippen LogP contribution in [0.25, 0.3) is 0 Å². The van der Waals surface area contributed by atoms with Crippen LogP contribution < -0.4 is 10.1 Å². The molecule has 1 heterocycles. The van der Waals surface area contributed by atoms with Gasteiger partial charge in [-0.05, 0) is 23.8 Å². The van der Waals surface area contributed by atoms with Crippen LogP contribution in [0.4, 0.5) is 17.6 Å². The van der Waals surface area contributed by atoms with Crippen molar-refractivity contribution in [2.45, 2.75) is 33.2 Å². The molecule has 0 bridgehead atoms. The number of phenols is 1. The number of nitrogens with one attached hydrogen (secondary N) is 1. The van der Waals surface area contributed by atoms with E-state index in [2.05, 4.69) is 10.3 Å². The molecular weight excluding hydrogens is 470 g/mol. The molecule has 0 saturated heterocycles. The number of ketones is 1. The lowest BCUT2D eigenvalue weighted by atomic mass is 9.97. The summed E-state index contributed by atoms with van der Waals surface area (Å²) >= 11 is 0. The van der Waals surface area contributed by atoms with Crippen LogP contribution in [0.3, 0.4) is 0 Å². The number of aromatic nitrogens is 2. The van der Waals surface area contributed by atoms with Gasteiger partial charge in [0.2, 0.25) is 0 Å². The number of carbonyl (C=O) groups is 2. The van der Waals surface area contributed by atoms with Gasteiger partial charge in [0.1, 0.15) is 35.2 Å². The van der Waals surface area contributed by atoms with E-state index in [0.717, 1.165) is 18.2 Å².